The third-order valence-corrected chi connectivity index (χ3v) is 6.03. The molecule has 170 valence electrons. The molecule has 0 atom stereocenters. The maximum Gasteiger partial charge on any atom is 0.257 e. The van der Waals surface area contributed by atoms with Crippen molar-refractivity contribution in [3.8, 4) is 0 Å². The Morgan fingerprint density at radius 1 is 0.758 bits per heavy atom. The van der Waals surface area contributed by atoms with Gasteiger partial charge in [0.25, 0.3) is 11.8 Å². The summed E-state index contributed by atoms with van der Waals surface area (Å²) in [6.45, 7) is 8.02. The van der Waals surface area contributed by atoms with Gasteiger partial charge in [-0.1, -0.05) is 29.8 Å². The van der Waals surface area contributed by atoms with Gasteiger partial charge in [-0.2, -0.15) is 0 Å². The number of nitrogens with zero attached hydrogens (tertiary/aromatic N) is 2. The number of benzene rings is 3. The van der Waals surface area contributed by atoms with E-state index in [0.29, 0.717) is 16.8 Å². The lowest BCUT2D eigenvalue weighted by Crippen LogP contribution is -2.44. The summed E-state index contributed by atoms with van der Waals surface area (Å²) in [7, 11) is 2.14. The number of aryl methyl sites for hydroxylation is 2. The molecule has 6 heteroatoms. The molecule has 0 saturated carbocycles. The summed E-state index contributed by atoms with van der Waals surface area (Å²) in [5.41, 5.74) is 5.39. The summed E-state index contributed by atoms with van der Waals surface area (Å²) >= 11 is 0. The average Bonchev–Trinajstić information content (AvgIpc) is 2.81. The molecule has 0 bridgehead atoms. The number of carbonyl (C=O) groups is 2. The normalized spacial score (nSPS) is 14.1. The van der Waals surface area contributed by atoms with Crippen LogP contribution in [0.2, 0.25) is 0 Å². The van der Waals surface area contributed by atoms with Gasteiger partial charge in [-0.25, -0.2) is 0 Å². The second-order valence-corrected chi connectivity index (χ2v) is 8.61. The van der Waals surface area contributed by atoms with Gasteiger partial charge in [0.1, 0.15) is 0 Å². The first-order valence-corrected chi connectivity index (χ1v) is 11.2. The third-order valence-electron chi connectivity index (χ3n) is 6.03. The molecule has 1 heterocycles. The van der Waals surface area contributed by atoms with Crippen molar-refractivity contribution in [3.63, 3.8) is 0 Å². The number of amides is 2. The number of hydrogen-bond donors (Lipinski definition) is 2. The van der Waals surface area contributed by atoms with Gasteiger partial charge in [-0.15, -0.1) is 0 Å². The highest BCUT2D eigenvalue weighted by Crippen LogP contribution is 2.25. The number of nitrogens with one attached hydrogen (secondary N) is 2. The van der Waals surface area contributed by atoms with Crippen LogP contribution in [-0.4, -0.2) is 49.9 Å². The Balaban J connectivity index is 1.48. The fraction of sp³-hybridized carbons (Fsp3) is 0.259. The van der Waals surface area contributed by atoms with E-state index in [-0.39, 0.29) is 11.8 Å². The number of hydrogen-bond acceptors (Lipinski definition) is 4. The maximum atomic E-state index is 13.1. The minimum Gasteiger partial charge on any atom is -0.369 e. The molecule has 2 amide bonds. The largest absolute Gasteiger partial charge is 0.369 e. The van der Waals surface area contributed by atoms with Crippen LogP contribution in [0.3, 0.4) is 0 Å². The quantitative estimate of drug-likeness (QED) is 0.608. The average molecular weight is 443 g/mol. The standard InChI is InChI=1S/C27H30N4O2/c1-19-7-6-8-21(17-19)26(32)29-25-10-5-4-9-23(25)27(33)28-24-12-11-22(18-20(24)2)31-15-13-30(3)14-16-31/h4-12,17-18H,13-16H2,1-3H3,(H,28,33)(H,29,32). The summed E-state index contributed by atoms with van der Waals surface area (Å²) in [4.78, 5) is 30.5. The van der Waals surface area contributed by atoms with E-state index in [1.165, 1.54) is 5.69 Å². The Kier molecular flexibility index (Phi) is 6.75. The van der Waals surface area contributed by atoms with Crippen LogP contribution in [0.4, 0.5) is 17.1 Å². The van der Waals surface area contributed by atoms with Crippen molar-refractivity contribution in [2.75, 3.05) is 48.8 Å². The second-order valence-electron chi connectivity index (χ2n) is 8.61. The van der Waals surface area contributed by atoms with Crippen molar-refractivity contribution in [2.45, 2.75) is 13.8 Å². The topological polar surface area (TPSA) is 64.7 Å². The van der Waals surface area contributed by atoms with E-state index >= 15 is 0 Å². The van der Waals surface area contributed by atoms with Crippen LogP contribution in [-0.2, 0) is 0 Å². The molecule has 1 saturated heterocycles. The predicted molar refractivity (Wildman–Crippen MR) is 134 cm³/mol. The Hall–Kier alpha value is -3.64. The predicted octanol–water partition coefficient (Wildman–Crippen LogP) is 4.56. The summed E-state index contributed by atoms with van der Waals surface area (Å²) in [5, 5.41) is 5.89. The molecule has 0 aliphatic carbocycles. The molecule has 0 unspecified atom stereocenters. The van der Waals surface area contributed by atoms with Crippen LogP contribution in [0.1, 0.15) is 31.8 Å². The molecule has 33 heavy (non-hydrogen) atoms. The molecular weight excluding hydrogens is 412 g/mol. The molecule has 1 aliphatic heterocycles. The molecule has 6 nitrogen and oxygen atoms in total. The van der Waals surface area contributed by atoms with Crippen LogP contribution in [0.5, 0.6) is 0 Å². The number of piperazine rings is 1. The van der Waals surface area contributed by atoms with Crippen molar-refractivity contribution in [1.29, 1.82) is 0 Å². The number of para-hydroxylation sites is 1. The number of carbonyl (C=O) groups excluding carboxylic acids is 2. The van der Waals surface area contributed by atoms with E-state index < -0.39 is 0 Å². The van der Waals surface area contributed by atoms with Crippen molar-refractivity contribution in [2.24, 2.45) is 0 Å². The molecule has 4 rings (SSSR count). The maximum absolute atomic E-state index is 13.1. The minimum atomic E-state index is -0.259. The van der Waals surface area contributed by atoms with Gasteiger partial charge in [0.15, 0.2) is 0 Å². The molecule has 0 aromatic heterocycles. The molecule has 3 aromatic rings. The zero-order valence-electron chi connectivity index (χ0n) is 19.4. The van der Waals surface area contributed by atoms with Crippen LogP contribution in [0.25, 0.3) is 0 Å². The van der Waals surface area contributed by atoms with E-state index in [9.17, 15) is 9.59 Å². The van der Waals surface area contributed by atoms with Crippen molar-refractivity contribution >= 4 is 28.9 Å². The van der Waals surface area contributed by atoms with Gasteiger partial charge in [0.2, 0.25) is 0 Å². The van der Waals surface area contributed by atoms with E-state index in [1.807, 2.05) is 38.1 Å². The molecule has 0 radical (unpaired) electrons. The fourth-order valence-electron chi connectivity index (χ4n) is 4.01. The first kappa shape index (κ1) is 22.6. The van der Waals surface area contributed by atoms with Gasteiger partial charge in [0.05, 0.1) is 11.3 Å². The monoisotopic (exact) mass is 442 g/mol. The van der Waals surface area contributed by atoms with Crippen molar-refractivity contribution < 1.29 is 9.59 Å². The van der Waals surface area contributed by atoms with E-state index in [2.05, 4.69) is 39.6 Å². The van der Waals surface area contributed by atoms with Gasteiger partial charge in [-0.05, 0) is 68.9 Å². The van der Waals surface area contributed by atoms with Gasteiger partial charge in [0, 0.05) is 43.1 Å². The van der Waals surface area contributed by atoms with Crippen LogP contribution < -0.4 is 15.5 Å². The summed E-state index contributed by atoms with van der Waals surface area (Å²) in [6.07, 6.45) is 0. The Bertz CT molecular complexity index is 1170. The lowest BCUT2D eigenvalue weighted by atomic mass is 10.1. The summed E-state index contributed by atoms with van der Waals surface area (Å²) < 4.78 is 0. The molecule has 3 aromatic carbocycles. The minimum absolute atomic E-state index is 0.244. The fourth-order valence-corrected chi connectivity index (χ4v) is 4.01. The van der Waals surface area contributed by atoms with Crippen LogP contribution in [0, 0.1) is 13.8 Å². The van der Waals surface area contributed by atoms with Gasteiger partial charge in [-0.3, -0.25) is 9.59 Å². The lowest BCUT2D eigenvalue weighted by Gasteiger charge is -2.34. The number of likely N-dealkylation sites (N-methyl/N-ethyl adjacent to an activating group) is 1. The molecule has 1 aliphatic rings. The zero-order valence-corrected chi connectivity index (χ0v) is 19.4. The van der Waals surface area contributed by atoms with Crippen molar-refractivity contribution in [3.05, 3.63) is 89.0 Å². The highest BCUT2D eigenvalue weighted by molar-refractivity contribution is 6.12. The molecular formula is C27H30N4O2. The summed E-state index contributed by atoms with van der Waals surface area (Å²) in [6, 6.07) is 20.5. The lowest BCUT2D eigenvalue weighted by molar-refractivity contribution is 0.102. The van der Waals surface area contributed by atoms with Crippen LogP contribution >= 0.6 is 0 Å². The Morgan fingerprint density at radius 2 is 1.48 bits per heavy atom. The molecule has 0 spiro atoms. The van der Waals surface area contributed by atoms with Gasteiger partial charge < -0.3 is 20.4 Å². The number of anilines is 3. The van der Waals surface area contributed by atoms with E-state index in [0.717, 1.165) is 43.0 Å². The first-order chi connectivity index (χ1) is 15.9. The van der Waals surface area contributed by atoms with E-state index in [4.69, 9.17) is 0 Å². The Morgan fingerprint density at radius 3 is 2.21 bits per heavy atom. The summed E-state index contributed by atoms with van der Waals surface area (Å²) in [5.74, 6) is -0.503. The highest BCUT2D eigenvalue weighted by Gasteiger charge is 2.17. The Labute approximate surface area is 195 Å². The first-order valence-electron chi connectivity index (χ1n) is 11.2. The van der Waals surface area contributed by atoms with Gasteiger partial charge >= 0.3 is 0 Å². The SMILES string of the molecule is Cc1cccc(C(=O)Nc2ccccc2C(=O)Nc2ccc(N3CCN(C)CC3)cc2C)c1. The van der Waals surface area contributed by atoms with Crippen molar-refractivity contribution in [1.82, 2.24) is 4.90 Å². The van der Waals surface area contributed by atoms with E-state index in [1.54, 1.807) is 30.3 Å². The number of rotatable bonds is 5. The second kappa shape index (κ2) is 9.88. The zero-order chi connectivity index (χ0) is 23.4. The van der Waals surface area contributed by atoms with Crippen LogP contribution in [0.15, 0.2) is 66.7 Å². The highest BCUT2D eigenvalue weighted by atomic mass is 16.2. The smallest absolute Gasteiger partial charge is 0.257 e. The third kappa shape index (κ3) is 5.41. The molecule has 2 N–H and O–H groups in total. The molecule has 1 fully saturated rings.